The summed E-state index contributed by atoms with van der Waals surface area (Å²) in [5.74, 6) is -0.0354. The highest BCUT2D eigenvalue weighted by Crippen LogP contribution is 2.22. The maximum atomic E-state index is 12.0. The van der Waals surface area contributed by atoms with E-state index in [4.69, 9.17) is 5.73 Å². The van der Waals surface area contributed by atoms with Crippen LogP contribution in [0.5, 0.6) is 0 Å². The number of rotatable bonds is 5. The van der Waals surface area contributed by atoms with Gasteiger partial charge in [0, 0.05) is 29.8 Å². The lowest BCUT2D eigenvalue weighted by molar-refractivity contribution is 0.0954. The number of nitrogens with one attached hydrogen (secondary N) is 2. The molecule has 1 aromatic heterocycles. The number of hydrogen-bond acceptors (Lipinski definition) is 5. The van der Waals surface area contributed by atoms with Gasteiger partial charge in [0.15, 0.2) is 0 Å². The lowest BCUT2D eigenvalue weighted by Gasteiger charge is -2.19. The van der Waals surface area contributed by atoms with Crippen molar-refractivity contribution in [2.75, 3.05) is 25.1 Å². The quantitative estimate of drug-likeness (QED) is 0.674. The van der Waals surface area contributed by atoms with Gasteiger partial charge in [0.25, 0.3) is 5.91 Å². The summed E-state index contributed by atoms with van der Waals surface area (Å²) in [6.07, 6.45) is 1.06. The van der Waals surface area contributed by atoms with Crippen molar-refractivity contribution in [3.63, 3.8) is 0 Å². The monoisotopic (exact) mass is 314 g/mol. The Hall–Kier alpha value is -1.67. The molecule has 1 aromatic rings. The summed E-state index contributed by atoms with van der Waals surface area (Å²) in [6.45, 7) is 6.27. The largest absolute Gasteiger partial charge is 0.384 e. The van der Waals surface area contributed by atoms with E-state index in [0.717, 1.165) is 11.9 Å². The summed E-state index contributed by atoms with van der Waals surface area (Å²) in [5, 5.41) is 2.63. The minimum atomic E-state index is -3.25. The normalized spacial score (nSPS) is 12.2. The van der Waals surface area contributed by atoms with E-state index in [-0.39, 0.29) is 30.2 Å². The molecule has 0 fully saturated rings. The number of aromatic nitrogens is 1. The van der Waals surface area contributed by atoms with Crippen molar-refractivity contribution < 1.29 is 13.2 Å². The van der Waals surface area contributed by atoms with Gasteiger partial charge in [0.2, 0.25) is 10.0 Å². The first-order valence-electron chi connectivity index (χ1n) is 6.50. The third kappa shape index (κ3) is 6.09. The molecule has 0 spiro atoms. The van der Waals surface area contributed by atoms with Crippen LogP contribution in [-0.4, -0.2) is 38.7 Å². The molecule has 0 atom stereocenters. The number of sulfonamides is 1. The zero-order chi connectivity index (χ0) is 16.3. The Bertz CT molecular complexity index is 621. The molecule has 0 radical (unpaired) electrons. The fourth-order valence-electron chi connectivity index (χ4n) is 1.58. The van der Waals surface area contributed by atoms with E-state index in [1.165, 1.54) is 6.07 Å². The van der Waals surface area contributed by atoms with Gasteiger partial charge in [-0.2, -0.15) is 0 Å². The van der Waals surface area contributed by atoms with Crippen molar-refractivity contribution in [1.82, 2.24) is 15.0 Å². The summed E-state index contributed by atoms with van der Waals surface area (Å²) in [5.41, 5.74) is 6.64. The number of nitrogens with two attached hydrogens (primary N) is 1. The standard InChI is InChI=1S/C13H22N4O3S/c1-13(2,3)10-7-9(8-11(14)17-10)12(18)15-5-6-16-21(4,19)20/h7-8,16H,5-6H2,1-4H3,(H2,14,17)(H,15,18). The van der Waals surface area contributed by atoms with Gasteiger partial charge in [-0.3, -0.25) is 4.79 Å². The van der Waals surface area contributed by atoms with Gasteiger partial charge < -0.3 is 11.1 Å². The molecular weight excluding hydrogens is 292 g/mol. The van der Waals surface area contributed by atoms with Crippen LogP contribution in [0.3, 0.4) is 0 Å². The van der Waals surface area contributed by atoms with Crippen molar-refractivity contribution in [1.29, 1.82) is 0 Å². The zero-order valence-electron chi connectivity index (χ0n) is 12.7. The molecule has 0 saturated heterocycles. The van der Waals surface area contributed by atoms with Crippen LogP contribution < -0.4 is 15.8 Å². The molecule has 0 bridgehead atoms. The van der Waals surface area contributed by atoms with Gasteiger partial charge in [0.05, 0.1) is 6.26 Å². The summed E-state index contributed by atoms with van der Waals surface area (Å²) < 4.78 is 24.1. The highest BCUT2D eigenvalue weighted by atomic mass is 32.2. The summed E-state index contributed by atoms with van der Waals surface area (Å²) in [7, 11) is -3.25. The van der Waals surface area contributed by atoms with Crippen molar-refractivity contribution in [2.45, 2.75) is 26.2 Å². The molecule has 21 heavy (non-hydrogen) atoms. The zero-order valence-corrected chi connectivity index (χ0v) is 13.5. The van der Waals surface area contributed by atoms with Crippen LogP contribution in [0.25, 0.3) is 0 Å². The second-order valence-electron chi connectivity index (χ2n) is 5.84. The second-order valence-corrected chi connectivity index (χ2v) is 7.67. The van der Waals surface area contributed by atoms with E-state index in [9.17, 15) is 13.2 Å². The molecule has 1 amide bonds. The Labute approximate surface area is 125 Å². The van der Waals surface area contributed by atoms with Crippen LogP contribution in [0, 0.1) is 0 Å². The molecule has 1 heterocycles. The first kappa shape index (κ1) is 17.4. The van der Waals surface area contributed by atoms with Crippen LogP contribution in [-0.2, 0) is 15.4 Å². The number of nitrogen functional groups attached to an aromatic ring is 1. The minimum absolute atomic E-state index is 0.136. The lowest BCUT2D eigenvalue weighted by atomic mass is 9.90. The van der Waals surface area contributed by atoms with Crippen LogP contribution in [0.4, 0.5) is 5.82 Å². The molecule has 8 heteroatoms. The Kier molecular flexibility index (Phi) is 5.30. The van der Waals surface area contributed by atoms with E-state index >= 15 is 0 Å². The third-order valence-corrected chi connectivity index (χ3v) is 3.38. The van der Waals surface area contributed by atoms with Crippen LogP contribution in [0.2, 0.25) is 0 Å². The Morgan fingerprint density at radius 3 is 2.43 bits per heavy atom. The predicted molar refractivity (Wildman–Crippen MR) is 82.5 cm³/mol. The molecule has 7 nitrogen and oxygen atoms in total. The Balaban J connectivity index is 2.73. The molecule has 118 valence electrons. The number of pyridine rings is 1. The van der Waals surface area contributed by atoms with E-state index in [1.54, 1.807) is 6.07 Å². The van der Waals surface area contributed by atoms with Crippen molar-refractivity contribution in [3.05, 3.63) is 23.4 Å². The Morgan fingerprint density at radius 1 is 1.29 bits per heavy atom. The lowest BCUT2D eigenvalue weighted by Crippen LogP contribution is -2.34. The molecule has 0 saturated carbocycles. The number of carbonyl (C=O) groups excluding carboxylic acids is 1. The highest BCUT2D eigenvalue weighted by molar-refractivity contribution is 7.88. The molecule has 0 aliphatic heterocycles. The summed E-state index contributed by atoms with van der Waals surface area (Å²) in [6, 6.07) is 3.18. The van der Waals surface area contributed by atoms with Gasteiger partial charge in [-0.05, 0) is 12.1 Å². The van der Waals surface area contributed by atoms with E-state index in [0.29, 0.717) is 5.56 Å². The van der Waals surface area contributed by atoms with Crippen LogP contribution in [0.15, 0.2) is 12.1 Å². The fraction of sp³-hybridized carbons (Fsp3) is 0.538. The van der Waals surface area contributed by atoms with Crippen molar-refractivity contribution >= 4 is 21.7 Å². The maximum Gasteiger partial charge on any atom is 0.251 e. The molecule has 0 aromatic carbocycles. The summed E-state index contributed by atoms with van der Waals surface area (Å²) >= 11 is 0. The average molecular weight is 314 g/mol. The van der Waals surface area contributed by atoms with Crippen LogP contribution >= 0.6 is 0 Å². The smallest absolute Gasteiger partial charge is 0.251 e. The predicted octanol–water partition coefficient (Wildman–Crippen LogP) is 0.240. The van der Waals surface area contributed by atoms with Crippen molar-refractivity contribution in [2.24, 2.45) is 0 Å². The minimum Gasteiger partial charge on any atom is -0.384 e. The van der Waals surface area contributed by atoms with E-state index in [2.05, 4.69) is 15.0 Å². The number of nitrogens with zero attached hydrogens (tertiary/aromatic N) is 1. The topological polar surface area (TPSA) is 114 Å². The first-order valence-corrected chi connectivity index (χ1v) is 8.39. The molecule has 4 N–H and O–H groups in total. The van der Waals surface area contributed by atoms with Crippen molar-refractivity contribution in [3.8, 4) is 0 Å². The second kappa shape index (κ2) is 6.40. The number of carbonyl (C=O) groups is 1. The third-order valence-electron chi connectivity index (χ3n) is 2.65. The molecule has 0 aliphatic carbocycles. The van der Waals surface area contributed by atoms with Gasteiger partial charge >= 0.3 is 0 Å². The number of anilines is 1. The van der Waals surface area contributed by atoms with Gasteiger partial charge in [0.1, 0.15) is 5.82 Å². The first-order chi connectivity index (χ1) is 9.49. The maximum absolute atomic E-state index is 12.0. The fourth-order valence-corrected chi connectivity index (χ4v) is 2.05. The SMILES string of the molecule is CC(C)(C)c1cc(C(=O)NCCNS(C)(=O)=O)cc(N)n1. The van der Waals surface area contributed by atoms with Gasteiger partial charge in [-0.1, -0.05) is 20.8 Å². The number of hydrogen-bond donors (Lipinski definition) is 3. The van der Waals surface area contributed by atoms with Gasteiger partial charge in [-0.25, -0.2) is 18.1 Å². The van der Waals surface area contributed by atoms with E-state index in [1.807, 2.05) is 20.8 Å². The number of amides is 1. The summed E-state index contributed by atoms with van der Waals surface area (Å²) in [4.78, 5) is 16.3. The van der Waals surface area contributed by atoms with Gasteiger partial charge in [-0.15, -0.1) is 0 Å². The van der Waals surface area contributed by atoms with E-state index < -0.39 is 10.0 Å². The highest BCUT2D eigenvalue weighted by Gasteiger charge is 2.18. The Morgan fingerprint density at radius 2 is 1.90 bits per heavy atom. The molecule has 1 rings (SSSR count). The van der Waals surface area contributed by atoms with Crippen LogP contribution in [0.1, 0.15) is 36.8 Å². The molecule has 0 aliphatic rings. The average Bonchev–Trinajstić information content (AvgIpc) is 2.31. The molecule has 0 unspecified atom stereocenters. The molecular formula is C13H22N4O3S.